The van der Waals surface area contributed by atoms with Crippen molar-refractivity contribution < 1.29 is 4.79 Å². The molecule has 0 aromatic carbocycles. The predicted octanol–water partition coefficient (Wildman–Crippen LogP) is 1.60. The standard InChI is InChI=1S/C14H31N3O/c1-7-12(4)10-17(6)9-8-14(5,13(15)18)16-11(2)3/h11-12,16H,7-10H2,1-6H3,(H2,15,18). The number of hydrogen-bond acceptors (Lipinski definition) is 3. The first-order valence-corrected chi connectivity index (χ1v) is 6.97. The van der Waals surface area contributed by atoms with Gasteiger partial charge in [-0.25, -0.2) is 0 Å². The first-order chi connectivity index (χ1) is 8.21. The van der Waals surface area contributed by atoms with E-state index >= 15 is 0 Å². The lowest BCUT2D eigenvalue weighted by atomic mass is 9.95. The molecule has 0 rings (SSSR count). The summed E-state index contributed by atoms with van der Waals surface area (Å²) >= 11 is 0. The number of rotatable bonds is 9. The molecule has 0 saturated carbocycles. The number of carbonyl (C=O) groups is 1. The number of primary amides is 1. The molecular weight excluding hydrogens is 226 g/mol. The number of nitrogens with one attached hydrogen (secondary N) is 1. The van der Waals surface area contributed by atoms with E-state index < -0.39 is 5.54 Å². The van der Waals surface area contributed by atoms with Crippen molar-refractivity contribution in [1.29, 1.82) is 0 Å². The van der Waals surface area contributed by atoms with E-state index in [9.17, 15) is 4.79 Å². The zero-order valence-corrected chi connectivity index (χ0v) is 12.9. The van der Waals surface area contributed by atoms with E-state index in [0.717, 1.165) is 19.5 Å². The quantitative estimate of drug-likeness (QED) is 0.659. The molecule has 0 aromatic heterocycles. The van der Waals surface area contributed by atoms with Crippen LogP contribution in [0.4, 0.5) is 0 Å². The molecule has 1 amide bonds. The van der Waals surface area contributed by atoms with Crippen LogP contribution in [-0.2, 0) is 4.79 Å². The minimum absolute atomic E-state index is 0.252. The van der Waals surface area contributed by atoms with Crippen molar-refractivity contribution in [2.75, 3.05) is 20.1 Å². The summed E-state index contributed by atoms with van der Waals surface area (Å²) in [7, 11) is 2.10. The molecule has 0 aliphatic carbocycles. The minimum Gasteiger partial charge on any atom is -0.368 e. The Morgan fingerprint density at radius 3 is 2.33 bits per heavy atom. The Kier molecular flexibility index (Phi) is 7.48. The molecule has 0 saturated heterocycles. The topological polar surface area (TPSA) is 58.4 Å². The molecule has 2 atom stereocenters. The highest BCUT2D eigenvalue weighted by Crippen LogP contribution is 2.12. The molecular formula is C14H31N3O. The maximum Gasteiger partial charge on any atom is 0.237 e. The van der Waals surface area contributed by atoms with Crippen LogP contribution in [0.3, 0.4) is 0 Å². The van der Waals surface area contributed by atoms with Crippen molar-refractivity contribution in [3.05, 3.63) is 0 Å². The predicted molar refractivity (Wildman–Crippen MR) is 77.4 cm³/mol. The lowest BCUT2D eigenvalue weighted by Gasteiger charge is -2.32. The molecule has 0 bridgehead atoms. The fourth-order valence-electron chi connectivity index (χ4n) is 2.07. The second-order valence-corrected chi connectivity index (χ2v) is 6.02. The highest BCUT2D eigenvalue weighted by Gasteiger charge is 2.31. The van der Waals surface area contributed by atoms with Gasteiger partial charge in [0.05, 0.1) is 5.54 Å². The molecule has 3 N–H and O–H groups in total. The van der Waals surface area contributed by atoms with Gasteiger partial charge in [0.1, 0.15) is 0 Å². The van der Waals surface area contributed by atoms with Gasteiger partial charge in [0.25, 0.3) is 0 Å². The van der Waals surface area contributed by atoms with Crippen LogP contribution in [-0.4, -0.2) is 42.5 Å². The molecule has 0 aliphatic heterocycles. The van der Waals surface area contributed by atoms with Crippen molar-refractivity contribution >= 4 is 5.91 Å². The molecule has 2 unspecified atom stereocenters. The fraction of sp³-hybridized carbons (Fsp3) is 0.929. The van der Waals surface area contributed by atoms with Gasteiger partial charge in [0.15, 0.2) is 0 Å². The summed E-state index contributed by atoms with van der Waals surface area (Å²) in [6.45, 7) is 12.3. The second kappa shape index (κ2) is 7.74. The van der Waals surface area contributed by atoms with Crippen molar-refractivity contribution in [1.82, 2.24) is 10.2 Å². The Balaban J connectivity index is 4.31. The Bertz CT molecular complexity index is 255. The third-order valence-electron chi connectivity index (χ3n) is 3.46. The molecule has 0 radical (unpaired) electrons. The van der Waals surface area contributed by atoms with Gasteiger partial charge in [-0.1, -0.05) is 20.3 Å². The monoisotopic (exact) mass is 257 g/mol. The molecule has 0 aliphatic rings. The SMILES string of the molecule is CCC(C)CN(C)CCC(C)(NC(C)C)C(N)=O. The normalized spacial score (nSPS) is 16.9. The largest absolute Gasteiger partial charge is 0.368 e. The van der Waals surface area contributed by atoms with Crippen LogP contribution in [0.2, 0.25) is 0 Å². The van der Waals surface area contributed by atoms with E-state index in [1.165, 1.54) is 6.42 Å². The van der Waals surface area contributed by atoms with Gasteiger partial charge in [-0.3, -0.25) is 4.79 Å². The number of amides is 1. The van der Waals surface area contributed by atoms with E-state index in [2.05, 4.69) is 31.1 Å². The van der Waals surface area contributed by atoms with Gasteiger partial charge in [0, 0.05) is 19.1 Å². The molecule has 18 heavy (non-hydrogen) atoms. The second-order valence-electron chi connectivity index (χ2n) is 6.02. The zero-order chi connectivity index (χ0) is 14.3. The van der Waals surface area contributed by atoms with E-state index in [0.29, 0.717) is 5.92 Å². The molecule has 0 aromatic rings. The average Bonchev–Trinajstić information content (AvgIpc) is 2.25. The van der Waals surface area contributed by atoms with E-state index in [4.69, 9.17) is 5.73 Å². The molecule has 0 spiro atoms. The van der Waals surface area contributed by atoms with Gasteiger partial charge in [0.2, 0.25) is 5.91 Å². The van der Waals surface area contributed by atoms with Gasteiger partial charge < -0.3 is 16.0 Å². The Hall–Kier alpha value is -0.610. The van der Waals surface area contributed by atoms with Crippen LogP contribution in [0, 0.1) is 5.92 Å². The smallest absolute Gasteiger partial charge is 0.237 e. The Morgan fingerprint density at radius 1 is 1.39 bits per heavy atom. The third kappa shape index (κ3) is 6.36. The summed E-state index contributed by atoms with van der Waals surface area (Å²) < 4.78 is 0. The van der Waals surface area contributed by atoms with E-state index in [1.54, 1.807) is 0 Å². The number of hydrogen-bond donors (Lipinski definition) is 2. The Morgan fingerprint density at radius 2 is 1.94 bits per heavy atom. The van der Waals surface area contributed by atoms with Gasteiger partial charge in [-0.05, 0) is 40.2 Å². The lowest BCUT2D eigenvalue weighted by Crippen LogP contribution is -2.56. The van der Waals surface area contributed by atoms with Crippen LogP contribution < -0.4 is 11.1 Å². The molecule has 4 heteroatoms. The van der Waals surface area contributed by atoms with E-state index in [1.807, 2.05) is 20.8 Å². The van der Waals surface area contributed by atoms with E-state index in [-0.39, 0.29) is 11.9 Å². The van der Waals surface area contributed by atoms with Crippen molar-refractivity contribution in [2.45, 2.75) is 59.0 Å². The first-order valence-electron chi connectivity index (χ1n) is 6.97. The highest BCUT2D eigenvalue weighted by atomic mass is 16.1. The number of carbonyl (C=O) groups excluding carboxylic acids is 1. The van der Waals surface area contributed by atoms with Crippen LogP contribution in [0.1, 0.15) is 47.5 Å². The highest BCUT2D eigenvalue weighted by molar-refractivity contribution is 5.84. The molecule has 0 fully saturated rings. The van der Waals surface area contributed by atoms with Crippen LogP contribution in [0.5, 0.6) is 0 Å². The maximum atomic E-state index is 11.6. The van der Waals surface area contributed by atoms with Crippen LogP contribution in [0.25, 0.3) is 0 Å². The third-order valence-corrected chi connectivity index (χ3v) is 3.46. The summed E-state index contributed by atoms with van der Waals surface area (Å²) in [6.07, 6.45) is 1.93. The van der Waals surface area contributed by atoms with Crippen molar-refractivity contribution in [3.8, 4) is 0 Å². The lowest BCUT2D eigenvalue weighted by molar-refractivity contribution is -0.124. The van der Waals surface area contributed by atoms with Crippen LogP contribution >= 0.6 is 0 Å². The number of nitrogens with two attached hydrogens (primary N) is 1. The summed E-state index contributed by atoms with van der Waals surface area (Å²) in [5.41, 5.74) is 4.90. The van der Waals surface area contributed by atoms with Crippen LogP contribution in [0.15, 0.2) is 0 Å². The number of nitrogens with zero attached hydrogens (tertiary/aromatic N) is 1. The molecule has 4 nitrogen and oxygen atoms in total. The molecule has 108 valence electrons. The van der Waals surface area contributed by atoms with Crippen molar-refractivity contribution in [2.24, 2.45) is 11.7 Å². The summed E-state index contributed by atoms with van der Waals surface area (Å²) in [4.78, 5) is 13.9. The Labute approximate surface area is 112 Å². The summed E-state index contributed by atoms with van der Waals surface area (Å²) in [5.74, 6) is 0.418. The maximum absolute atomic E-state index is 11.6. The van der Waals surface area contributed by atoms with Gasteiger partial charge >= 0.3 is 0 Å². The summed E-state index contributed by atoms with van der Waals surface area (Å²) in [6, 6.07) is 0.252. The van der Waals surface area contributed by atoms with Gasteiger partial charge in [-0.15, -0.1) is 0 Å². The zero-order valence-electron chi connectivity index (χ0n) is 12.9. The summed E-state index contributed by atoms with van der Waals surface area (Å²) in [5, 5.41) is 3.28. The van der Waals surface area contributed by atoms with Crippen molar-refractivity contribution in [3.63, 3.8) is 0 Å². The van der Waals surface area contributed by atoms with Gasteiger partial charge in [-0.2, -0.15) is 0 Å². The minimum atomic E-state index is -0.613. The average molecular weight is 257 g/mol. The fourth-order valence-corrected chi connectivity index (χ4v) is 2.07. The first kappa shape index (κ1) is 17.4. The molecule has 0 heterocycles.